The van der Waals surface area contributed by atoms with Gasteiger partial charge in [0.1, 0.15) is 11.9 Å². The highest BCUT2D eigenvalue weighted by Crippen LogP contribution is 2.41. The molecule has 1 aliphatic heterocycles. The van der Waals surface area contributed by atoms with Gasteiger partial charge in [-0.25, -0.2) is 0 Å². The van der Waals surface area contributed by atoms with Gasteiger partial charge in [0, 0.05) is 5.56 Å². The van der Waals surface area contributed by atoms with Gasteiger partial charge < -0.3 is 10.1 Å². The van der Waals surface area contributed by atoms with Crippen molar-refractivity contribution in [1.29, 1.82) is 0 Å². The summed E-state index contributed by atoms with van der Waals surface area (Å²) in [6.45, 7) is 9.66. The first kappa shape index (κ1) is 12.4. The van der Waals surface area contributed by atoms with Crippen LogP contribution in [0, 0.1) is 13.8 Å². The van der Waals surface area contributed by atoms with E-state index in [1.54, 1.807) is 0 Å². The van der Waals surface area contributed by atoms with Gasteiger partial charge in [-0.3, -0.25) is 0 Å². The van der Waals surface area contributed by atoms with Crippen LogP contribution in [-0.2, 0) is 0 Å². The van der Waals surface area contributed by atoms with Gasteiger partial charge in [-0.1, -0.05) is 38.0 Å². The van der Waals surface area contributed by atoms with Crippen LogP contribution in [0.1, 0.15) is 49.4 Å². The molecule has 0 spiro atoms. The van der Waals surface area contributed by atoms with Gasteiger partial charge in [0.15, 0.2) is 0 Å². The number of nitrogens with one attached hydrogen (secondary N) is 1. The van der Waals surface area contributed by atoms with E-state index >= 15 is 0 Å². The van der Waals surface area contributed by atoms with Crippen LogP contribution in [0.3, 0.4) is 0 Å². The molecule has 1 aromatic carbocycles. The van der Waals surface area contributed by atoms with E-state index in [9.17, 15) is 0 Å². The van der Waals surface area contributed by atoms with Gasteiger partial charge in [0.25, 0.3) is 0 Å². The lowest BCUT2D eigenvalue weighted by Gasteiger charge is -2.19. The molecule has 2 rings (SSSR count). The Morgan fingerprint density at radius 1 is 1.24 bits per heavy atom. The van der Waals surface area contributed by atoms with Crippen molar-refractivity contribution in [3.8, 4) is 5.75 Å². The van der Waals surface area contributed by atoms with Crippen LogP contribution >= 0.6 is 0 Å². The molecular formula is C15H23NO. The minimum atomic E-state index is 0.301. The Hall–Kier alpha value is -1.02. The monoisotopic (exact) mass is 233 g/mol. The number of hydrogen-bond donors (Lipinski definition) is 1. The third kappa shape index (κ3) is 2.32. The summed E-state index contributed by atoms with van der Waals surface area (Å²) in [5, 5.41) is 3.56. The highest BCUT2D eigenvalue weighted by atomic mass is 16.5. The number of ether oxygens (including phenoxy) is 1. The molecule has 0 aliphatic carbocycles. The van der Waals surface area contributed by atoms with Crippen molar-refractivity contribution in [2.75, 3.05) is 6.54 Å². The van der Waals surface area contributed by atoms with Gasteiger partial charge in [-0.2, -0.15) is 0 Å². The van der Waals surface area contributed by atoms with Crippen molar-refractivity contribution in [3.63, 3.8) is 0 Å². The fraction of sp³-hybridized carbons (Fsp3) is 0.600. The third-order valence-electron chi connectivity index (χ3n) is 3.42. The largest absolute Gasteiger partial charge is 0.488 e. The summed E-state index contributed by atoms with van der Waals surface area (Å²) in [7, 11) is 0. The third-order valence-corrected chi connectivity index (χ3v) is 3.42. The number of rotatable bonds is 4. The summed E-state index contributed by atoms with van der Waals surface area (Å²) in [5.41, 5.74) is 3.94. The number of likely N-dealkylation sites (N-methyl/N-ethyl adjacent to an activating group) is 1. The van der Waals surface area contributed by atoms with E-state index in [1.165, 1.54) is 23.1 Å². The minimum Gasteiger partial charge on any atom is -0.488 e. The molecule has 0 fully saturated rings. The van der Waals surface area contributed by atoms with Gasteiger partial charge in [0.2, 0.25) is 0 Å². The highest BCUT2D eigenvalue weighted by molar-refractivity contribution is 5.48. The molecule has 2 nitrogen and oxygen atoms in total. The molecule has 0 saturated heterocycles. The molecule has 2 atom stereocenters. The summed E-state index contributed by atoms with van der Waals surface area (Å²) in [4.78, 5) is 0. The number of fused-ring (bicyclic) bond motifs is 1. The Balaban J connectivity index is 2.35. The topological polar surface area (TPSA) is 21.3 Å². The first-order chi connectivity index (χ1) is 8.17. The van der Waals surface area contributed by atoms with E-state index in [0.717, 1.165) is 18.7 Å². The maximum absolute atomic E-state index is 6.14. The molecule has 2 heteroatoms. The van der Waals surface area contributed by atoms with Gasteiger partial charge in [0.05, 0.1) is 6.04 Å². The Morgan fingerprint density at radius 2 is 2.00 bits per heavy atom. The van der Waals surface area contributed by atoms with Crippen LogP contribution in [0.2, 0.25) is 0 Å². The molecule has 0 saturated carbocycles. The Labute approximate surface area is 104 Å². The van der Waals surface area contributed by atoms with Gasteiger partial charge in [-0.05, 0) is 32.4 Å². The summed E-state index contributed by atoms with van der Waals surface area (Å²) >= 11 is 0. The maximum atomic E-state index is 6.14. The standard InChI is InChI=1S/C15H23NO/c1-5-7-13-14(16-6-2)12-9-10(3)8-11(4)15(12)17-13/h8-9,13-14,16H,5-7H2,1-4H3. The fourth-order valence-corrected chi connectivity index (χ4v) is 2.77. The normalized spacial score (nSPS) is 22.4. The molecule has 1 heterocycles. The zero-order valence-corrected chi connectivity index (χ0v) is 11.3. The van der Waals surface area contributed by atoms with E-state index in [1.807, 2.05) is 0 Å². The molecule has 94 valence electrons. The summed E-state index contributed by atoms with van der Waals surface area (Å²) in [6, 6.07) is 4.84. The van der Waals surface area contributed by atoms with Crippen molar-refractivity contribution in [3.05, 3.63) is 28.8 Å². The van der Waals surface area contributed by atoms with E-state index < -0.39 is 0 Å². The van der Waals surface area contributed by atoms with E-state index in [4.69, 9.17) is 4.74 Å². The Kier molecular flexibility index (Phi) is 3.72. The van der Waals surface area contributed by atoms with Crippen LogP contribution < -0.4 is 10.1 Å². The zero-order chi connectivity index (χ0) is 12.4. The van der Waals surface area contributed by atoms with E-state index in [0.29, 0.717) is 12.1 Å². The zero-order valence-electron chi connectivity index (χ0n) is 11.3. The Morgan fingerprint density at radius 3 is 2.65 bits per heavy atom. The average molecular weight is 233 g/mol. The lowest BCUT2D eigenvalue weighted by atomic mass is 9.97. The number of benzene rings is 1. The molecule has 0 bridgehead atoms. The van der Waals surface area contributed by atoms with Crippen molar-refractivity contribution in [2.24, 2.45) is 0 Å². The van der Waals surface area contributed by atoms with Crippen molar-refractivity contribution < 1.29 is 4.74 Å². The lowest BCUT2D eigenvalue weighted by molar-refractivity contribution is 0.178. The molecular weight excluding hydrogens is 210 g/mol. The van der Waals surface area contributed by atoms with Crippen LogP contribution in [0.5, 0.6) is 5.75 Å². The maximum Gasteiger partial charge on any atom is 0.127 e. The molecule has 0 radical (unpaired) electrons. The SMILES string of the molecule is CCCC1Oc2c(C)cc(C)cc2C1NCC. The first-order valence-electron chi connectivity index (χ1n) is 6.68. The predicted octanol–water partition coefficient (Wildman–Crippen LogP) is 3.52. The molecule has 17 heavy (non-hydrogen) atoms. The van der Waals surface area contributed by atoms with Crippen molar-refractivity contribution >= 4 is 0 Å². The van der Waals surface area contributed by atoms with Crippen molar-refractivity contribution in [1.82, 2.24) is 5.32 Å². The van der Waals surface area contributed by atoms with Crippen LogP contribution in [0.15, 0.2) is 12.1 Å². The van der Waals surface area contributed by atoms with E-state index in [-0.39, 0.29) is 0 Å². The predicted molar refractivity (Wildman–Crippen MR) is 71.7 cm³/mol. The number of aryl methyl sites for hydroxylation is 2. The minimum absolute atomic E-state index is 0.301. The van der Waals surface area contributed by atoms with Crippen LogP contribution in [-0.4, -0.2) is 12.6 Å². The fourth-order valence-electron chi connectivity index (χ4n) is 2.77. The van der Waals surface area contributed by atoms with Crippen LogP contribution in [0.25, 0.3) is 0 Å². The van der Waals surface area contributed by atoms with E-state index in [2.05, 4.69) is 45.1 Å². The second kappa shape index (κ2) is 5.09. The molecule has 1 N–H and O–H groups in total. The second-order valence-electron chi connectivity index (χ2n) is 4.98. The van der Waals surface area contributed by atoms with Crippen molar-refractivity contribution in [2.45, 2.75) is 52.7 Å². The summed E-state index contributed by atoms with van der Waals surface area (Å²) in [5.74, 6) is 1.11. The van der Waals surface area contributed by atoms with Gasteiger partial charge >= 0.3 is 0 Å². The van der Waals surface area contributed by atoms with Gasteiger partial charge in [-0.15, -0.1) is 0 Å². The molecule has 0 amide bonds. The smallest absolute Gasteiger partial charge is 0.127 e. The first-order valence-corrected chi connectivity index (χ1v) is 6.68. The molecule has 0 aromatic heterocycles. The average Bonchev–Trinajstić information content (AvgIpc) is 2.59. The molecule has 2 unspecified atom stereocenters. The molecule has 1 aliphatic rings. The summed E-state index contributed by atoms with van der Waals surface area (Å²) < 4.78 is 6.14. The lowest BCUT2D eigenvalue weighted by Crippen LogP contribution is -2.30. The van der Waals surface area contributed by atoms with Crippen LogP contribution in [0.4, 0.5) is 0 Å². The molecule has 1 aromatic rings. The highest BCUT2D eigenvalue weighted by Gasteiger charge is 2.34. The summed E-state index contributed by atoms with van der Waals surface area (Å²) in [6.07, 6.45) is 2.58. The Bertz CT molecular complexity index is 400. The second-order valence-corrected chi connectivity index (χ2v) is 4.98. The number of hydrogen-bond acceptors (Lipinski definition) is 2. The quantitative estimate of drug-likeness (QED) is 0.859.